The van der Waals surface area contributed by atoms with Crippen LogP contribution in [0.4, 0.5) is 10.6 Å². The monoisotopic (exact) mass is 655 g/mol. The zero-order valence-corrected chi connectivity index (χ0v) is 28.3. The maximum absolute atomic E-state index is 13.2. The molecule has 2 fully saturated rings. The Kier molecular flexibility index (Phi) is 11.5. The first-order chi connectivity index (χ1) is 22.2. The van der Waals surface area contributed by atoms with Crippen LogP contribution in [-0.2, 0) is 29.4 Å². The highest BCUT2D eigenvalue weighted by molar-refractivity contribution is 5.92. The number of amides is 2. The number of rotatable bonds is 11. The molecule has 1 saturated carbocycles. The number of esters is 2. The lowest BCUT2D eigenvalue weighted by molar-refractivity contribution is -0.163. The molecule has 2 aliphatic rings. The van der Waals surface area contributed by atoms with Crippen molar-refractivity contribution in [2.45, 2.75) is 122 Å². The fourth-order valence-electron chi connectivity index (χ4n) is 6.18. The van der Waals surface area contributed by atoms with Crippen LogP contribution in [-0.4, -0.2) is 86.6 Å². The first kappa shape index (κ1) is 36.0. The molecular formula is C33H49N7O7. The summed E-state index contributed by atoms with van der Waals surface area (Å²) < 4.78 is 18.9. The molecule has 47 heavy (non-hydrogen) atoms. The zero-order chi connectivity index (χ0) is 34.5. The van der Waals surface area contributed by atoms with Crippen LogP contribution in [0.3, 0.4) is 0 Å². The van der Waals surface area contributed by atoms with Gasteiger partial charge < -0.3 is 30.0 Å². The minimum absolute atomic E-state index is 0.0103. The summed E-state index contributed by atoms with van der Waals surface area (Å²) in [5.74, 6) is -0.815. The van der Waals surface area contributed by atoms with E-state index >= 15 is 0 Å². The molecule has 6 atom stereocenters. The quantitative estimate of drug-likeness (QED) is 0.299. The molecule has 0 radical (unpaired) electrons. The van der Waals surface area contributed by atoms with Gasteiger partial charge in [-0.25, -0.2) is 14.3 Å². The number of ether oxygens (including phenoxy) is 3. The molecule has 0 bridgehead atoms. The zero-order valence-electron chi connectivity index (χ0n) is 28.3. The van der Waals surface area contributed by atoms with E-state index in [0.29, 0.717) is 5.52 Å². The predicted molar refractivity (Wildman–Crippen MR) is 172 cm³/mol. The van der Waals surface area contributed by atoms with Crippen LogP contribution in [0.15, 0.2) is 18.5 Å². The van der Waals surface area contributed by atoms with E-state index in [0.717, 1.165) is 44.9 Å². The average Bonchev–Trinajstić information content (AvgIpc) is 3.59. The number of nitrogens with two attached hydrogens (primary N) is 1. The SMILES string of the molecule is CCCC(C)N(C)C(=O)Nc1ncnn2c([C@]3(C#N)O[C@H](COC(=O)CC4CCCCC4)[C@@H](OC(=O)[C@@H](N)C(C)(C)C)[C@H]3O)ccc12. The number of anilines is 1. The smallest absolute Gasteiger partial charge is 0.323 e. The molecule has 4 N–H and O–H groups in total. The van der Waals surface area contributed by atoms with Crippen molar-refractivity contribution in [3.8, 4) is 6.07 Å². The number of aromatic nitrogens is 3. The molecular weight excluding hydrogens is 606 g/mol. The van der Waals surface area contributed by atoms with Gasteiger partial charge in [-0.2, -0.15) is 10.4 Å². The number of nitrogens with one attached hydrogen (secondary N) is 1. The summed E-state index contributed by atoms with van der Waals surface area (Å²) in [5, 5.41) is 29.4. The summed E-state index contributed by atoms with van der Waals surface area (Å²) in [4.78, 5) is 44.8. The second-order valence-corrected chi connectivity index (χ2v) is 13.9. The van der Waals surface area contributed by atoms with Gasteiger partial charge >= 0.3 is 18.0 Å². The largest absolute Gasteiger partial charge is 0.463 e. The Morgan fingerprint density at radius 3 is 2.62 bits per heavy atom. The molecule has 1 aliphatic heterocycles. The maximum atomic E-state index is 13.2. The summed E-state index contributed by atoms with van der Waals surface area (Å²) in [6.45, 7) is 8.95. The van der Waals surface area contributed by atoms with Gasteiger partial charge in [0.1, 0.15) is 42.8 Å². The number of carbonyl (C=O) groups is 3. The highest BCUT2D eigenvalue weighted by Crippen LogP contribution is 2.42. The summed E-state index contributed by atoms with van der Waals surface area (Å²) in [6, 6.07) is 3.74. The third-order valence-electron chi connectivity index (χ3n) is 9.37. The number of hydrogen-bond acceptors (Lipinski definition) is 11. The Morgan fingerprint density at radius 1 is 1.28 bits per heavy atom. The minimum Gasteiger partial charge on any atom is -0.463 e. The molecule has 1 unspecified atom stereocenters. The fraction of sp³-hybridized carbons (Fsp3) is 0.697. The topological polar surface area (TPSA) is 194 Å². The molecule has 2 aromatic heterocycles. The molecule has 0 aromatic carbocycles. The summed E-state index contributed by atoms with van der Waals surface area (Å²) >= 11 is 0. The number of nitriles is 1. The van der Waals surface area contributed by atoms with Gasteiger partial charge in [0.05, 0.1) is 5.69 Å². The van der Waals surface area contributed by atoms with Gasteiger partial charge in [0.2, 0.25) is 5.60 Å². The molecule has 14 heteroatoms. The first-order valence-electron chi connectivity index (χ1n) is 16.5. The third kappa shape index (κ3) is 7.85. The van der Waals surface area contributed by atoms with Gasteiger partial charge in [-0.1, -0.05) is 53.4 Å². The number of hydrogen-bond donors (Lipinski definition) is 3. The minimum atomic E-state index is -2.11. The van der Waals surface area contributed by atoms with Crippen LogP contribution in [0.25, 0.3) is 5.52 Å². The van der Waals surface area contributed by atoms with Gasteiger partial charge in [0.15, 0.2) is 11.9 Å². The molecule has 0 spiro atoms. The van der Waals surface area contributed by atoms with E-state index < -0.39 is 47.3 Å². The lowest BCUT2D eigenvalue weighted by Gasteiger charge is -2.29. The van der Waals surface area contributed by atoms with Gasteiger partial charge in [-0.05, 0) is 49.7 Å². The average molecular weight is 656 g/mol. The molecule has 2 aromatic rings. The van der Waals surface area contributed by atoms with Crippen molar-refractivity contribution in [1.29, 1.82) is 5.26 Å². The Labute approximate surface area is 275 Å². The first-order valence-corrected chi connectivity index (χ1v) is 16.5. The van der Waals surface area contributed by atoms with Crippen LogP contribution in [0.1, 0.15) is 91.7 Å². The fourth-order valence-corrected chi connectivity index (χ4v) is 6.18. The van der Waals surface area contributed by atoms with Gasteiger partial charge in [-0.3, -0.25) is 14.9 Å². The van der Waals surface area contributed by atoms with E-state index in [4.69, 9.17) is 19.9 Å². The lowest BCUT2D eigenvalue weighted by Crippen LogP contribution is -2.49. The standard InChI is InChI=1S/C33H49N7O7/c1-7-11-20(2)39(6)31(44)38-29-22-14-15-24(40(22)37-19-36-29)33(18-34)28(42)26(46-30(43)27(35)32(3,4)5)23(47-33)17-45-25(41)16-21-12-9-8-10-13-21/h14-15,19-21,23,26-28,42H,7-13,16-17,35H2,1-6H3,(H,36,37,38,44)/t20?,23-,26-,27-,28-,33+/m1/s1. The second kappa shape index (κ2) is 15.0. The Bertz CT molecular complexity index is 1460. The Morgan fingerprint density at radius 2 is 1.98 bits per heavy atom. The van der Waals surface area contributed by atoms with E-state index in [1.54, 1.807) is 38.8 Å². The van der Waals surface area contributed by atoms with Crippen LogP contribution >= 0.6 is 0 Å². The Balaban J connectivity index is 1.63. The van der Waals surface area contributed by atoms with E-state index in [1.165, 1.54) is 16.9 Å². The number of aliphatic hydroxyl groups excluding tert-OH is 1. The van der Waals surface area contributed by atoms with Crippen LogP contribution in [0, 0.1) is 22.7 Å². The second-order valence-electron chi connectivity index (χ2n) is 13.9. The molecule has 3 heterocycles. The maximum Gasteiger partial charge on any atom is 0.323 e. The number of carbonyl (C=O) groups excluding carboxylic acids is 3. The molecule has 4 rings (SSSR count). The van der Waals surface area contributed by atoms with Crippen molar-refractivity contribution >= 4 is 29.3 Å². The van der Waals surface area contributed by atoms with Crippen molar-refractivity contribution < 1.29 is 33.7 Å². The van der Waals surface area contributed by atoms with Gasteiger partial charge in [0, 0.05) is 19.5 Å². The summed E-state index contributed by atoms with van der Waals surface area (Å²) in [6.07, 6.45) is 4.07. The highest BCUT2D eigenvalue weighted by Gasteiger charge is 2.60. The molecule has 14 nitrogen and oxygen atoms in total. The number of fused-ring (bicyclic) bond motifs is 1. The number of aliphatic hydroxyl groups is 1. The van der Waals surface area contributed by atoms with Crippen molar-refractivity contribution in [2.75, 3.05) is 19.0 Å². The van der Waals surface area contributed by atoms with Crippen molar-refractivity contribution in [3.63, 3.8) is 0 Å². The lowest BCUT2D eigenvalue weighted by atomic mass is 9.87. The third-order valence-corrected chi connectivity index (χ3v) is 9.37. The van der Waals surface area contributed by atoms with Crippen molar-refractivity contribution in [1.82, 2.24) is 19.5 Å². The molecule has 1 aliphatic carbocycles. The highest BCUT2D eigenvalue weighted by atomic mass is 16.6. The van der Waals surface area contributed by atoms with Crippen molar-refractivity contribution in [2.24, 2.45) is 17.1 Å². The van der Waals surface area contributed by atoms with Gasteiger partial charge in [0.25, 0.3) is 0 Å². The molecule has 2 amide bonds. The van der Waals surface area contributed by atoms with Crippen LogP contribution < -0.4 is 11.1 Å². The van der Waals surface area contributed by atoms with E-state index in [9.17, 15) is 24.8 Å². The summed E-state index contributed by atoms with van der Waals surface area (Å²) in [5.41, 5.74) is 3.84. The van der Waals surface area contributed by atoms with E-state index in [2.05, 4.69) is 21.5 Å². The summed E-state index contributed by atoms with van der Waals surface area (Å²) in [7, 11) is 1.69. The predicted octanol–water partition coefficient (Wildman–Crippen LogP) is 3.66. The normalized spacial score (nSPS) is 24.7. The van der Waals surface area contributed by atoms with E-state index in [-0.39, 0.29) is 42.5 Å². The van der Waals surface area contributed by atoms with Gasteiger partial charge in [-0.15, -0.1) is 0 Å². The van der Waals surface area contributed by atoms with Crippen LogP contribution in [0.5, 0.6) is 0 Å². The number of urea groups is 1. The van der Waals surface area contributed by atoms with E-state index in [1.807, 2.05) is 13.8 Å². The molecule has 1 saturated heterocycles. The van der Waals surface area contributed by atoms with Crippen molar-refractivity contribution in [3.05, 3.63) is 24.2 Å². The Hall–Kier alpha value is -3.80. The molecule has 258 valence electrons. The van der Waals surface area contributed by atoms with Crippen LogP contribution in [0.2, 0.25) is 0 Å². The number of nitrogens with zero attached hydrogens (tertiary/aromatic N) is 5.